The molecule has 2 heterocycles. The lowest BCUT2D eigenvalue weighted by atomic mass is 10.1. The number of hydrogen-bond donors (Lipinski definition) is 3. The number of carbonyl (C=O) groups excluding carboxylic acids is 2. The molecule has 128 valence electrons. The number of benzene rings is 1. The second-order valence-electron chi connectivity index (χ2n) is 5.66. The molecule has 3 rings (SSSR count). The molecule has 0 fully saturated rings. The maximum atomic E-state index is 12.5. The highest BCUT2D eigenvalue weighted by Crippen LogP contribution is 2.32. The number of aromatic amines is 1. The normalized spacial score (nSPS) is 10.8. The van der Waals surface area contributed by atoms with Crippen molar-refractivity contribution in [3.05, 3.63) is 56.2 Å². The van der Waals surface area contributed by atoms with Gasteiger partial charge in [-0.05, 0) is 31.5 Å². The molecular weight excluding hydrogens is 342 g/mol. The van der Waals surface area contributed by atoms with Crippen molar-refractivity contribution in [3.63, 3.8) is 0 Å². The SMILES string of the molecule is Cc1ccc(NC(=O)c2sc3[nH]c(=O)c(C(=O)[O-])cc3c2N)c(C)c1. The zero-order valence-electron chi connectivity index (χ0n) is 13.4. The van der Waals surface area contributed by atoms with E-state index >= 15 is 0 Å². The summed E-state index contributed by atoms with van der Waals surface area (Å²) in [4.78, 5) is 38.2. The summed E-state index contributed by atoms with van der Waals surface area (Å²) in [7, 11) is 0. The number of amides is 1. The molecule has 0 radical (unpaired) electrons. The van der Waals surface area contributed by atoms with Crippen molar-refractivity contribution in [2.75, 3.05) is 11.1 Å². The zero-order chi connectivity index (χ0) is 18.3. The van der Waals surface area contributed by atoms with Crippen molar-refractivity contribution in [3.8, 4) is 0 Å². The van der Waals surface area contributed by atoms with E-state index in [0.29, 0.717) is 15.9 Å². The average molecular weight is 356 g/mol. The smallest absolute Gasteiger partial charge is 0.267 e. The number of fused-ring (bicyclic) bond motifs is 1. The molecule has 0 spiro atoms. The van der Waals surface area contributed by atoms with Gasteiger partial charge in [0.15, 0.2) is 0 Å². The molecule has 7 nitrogen and oxygen atoms in total. The van der Waals surface area contributed by atoms with Crippen molar-refractivity contribution >= 4 is 44.8 Å². The van der Waals surface area contributed by atoms with Gasteiger partial charge in [-0.15, -0.1) is 11.3 Å². The number of nitrogens with one attached hydrogen (secondary N) is 2. The van der Waals surface area contributed by atoms with E-state index in [-0.39, 0.29) is 10.6 Å². The lowest BCUT2D eigenvalue weighted by molar-refractivity contribution is -0.255. The summed E-state index contributed by atoms with van der Waals surface area (Å²) in [5, 5.41) is 14.1. The number of carboxylic acids is 1. The maximum Gasteiger partial charge on any atom is 0.267 e. The number of nitrogen functional groups attached to an aromatic ring is 1. The summed E-state index contributed by atoms with van der Waals surface area (Å²) < 4.78 is 0. The lowest BCUT2D eigenvalue weighted by Gasteiger charge is -2.08. The fourth-order valence-corrected chi connectivity index (χ4v) is 3.52. The Morgan fingerprint density at radius 1 is 1.24 bits per heavy atom. The number of nitrogens with two attached hydrogens (primary N) is 1. The fraction of sp³-hybridized carbons (Fsp3) is 0.118. The highest BCUT2D eigenvalue weighted by Gasteiger charge is 2.19. The first kappa shape index (κ1) is 16.7. The quantitative estimate of drug-likeness (QED) is 0.653. The van der Waals surface area contributed by atoms with E-state index in [0.717, 1.165) is 28.5 Å². The van der Waals surface area contributed by atoms with Gasteiger partial charge in [-0.25, -0.2) is 0 Å². The van der Waals surface area contributed by atoms with E-state index in [1.54, 1.807) is 6.07 Å². The van der Waals surface area contributed by atoms with Gasteiger partial charge in [0, 0.05) is 11.1 Å². The van der Waals surface area contributed by atoms with E-state index in [1.165, 1.54) is 0 Å². The van der Waals surface area contributed by atoms with Crippen molar-refractivity contribution in [1.29, 1.82) is 0 Å². The van der Waals surface area contributed by atoms with Crippen LogP contribution in [0.3, 0.4) is 0 Å². The van der Waals surface area contributed by atoms with Gasteiger partial charge in [-0.1, -0.05) is 17.7 Å². The Kier molecular flexibility index (Phi) is 4.05. The van der Waals surface area contributed by atoms with Gasteiger partial charge in [0.25, 0.3) is 11.5 Å². The van der Waals surface area contributed by atoms with Crippen LogP contribution in [-0.2, 0) is 0 Å². The van der Waals surface area contributed by atoms with E-state index in [4.69, 9.17) is 5.73 Å². The van der Waals surface area contributed by atoms with Crippen molar-refractivity contribution in [2.24, 2.45) is 0 Å². The largest absolute Gasteiger partial charge is 0.545 e. The number of aromatic nitrogens is 1. The molecule has 0 saturated carbocycles. The van der Waals surface area contributed by atoms with Crippen molar-refractivity contribution in [2.45, 2.75) is 13.8 Å². The van der Waals surface area contributed by atoms with Crippen LogP contribution in [0.25, 0.3) is 10.2 Å². The van der Waals surface area contributed by atoms with Gasteiger partial charge in [-0.2, -0.15) is 0 Å². The third-order valence-electron chi connectivity index (χ3n) is 3.80. The third-order valence-corrected chi connectivity index (χ3v) is 4.94. The number of aryl methyl sites for hydroxylation is 2. The van der Waals surface area contributed by atoms with Gasteiger partial charge in [-0.3, -0.25) is 9.59 Å². The lowest BCUT2D eigenvalue weighted by Crippen LogP contribution is -2.29. The van der Waals surface area contributed by atoms with Crippen LogP contribution in [0.5, 0.6) is 0 Å². The van der Waals surface area contributed by atoms with Gasteiger partial charge in [0.05, 0.1) is 17.2 Å². The first-order chi connectivity index (χ1) is 11.8. The number of hydrogen-bond acceptors (Lipinski definition) is 6. The van der Waals surface area contributed by atoms with Crippen LogP contribution in [-0.4, -0.2) is 16.9 Å². The van der Waals surface area contributed by atoms with Gasteiger partial charge in [0.2, 0.25) is 0 Å². The van der Waals surface area contributed by atoms with Gasteiger partial charge in [0.1, 0.15) is 9.71 Å². The van der Waals surface area contributed by atoms with Crippen LogP contribution in [0.1, 0.15) is 31.2 Å². The summed E-state index contributed by atoms with van der Waals surface area (Å²) >= 11 is 0.989. The standard InChI is InChI=1S/C17H15N3O4S/c1-7-3-4-11(8(2)5-7)19-15(22)13-12(18)9-6-10(17(23)24)14(21)20-16(9)25-13/h3-6H,18H2,1-2H3,(H,19,22)(H,20,21)(H,23,24)/p-1. The molecule has 0 aliphatic carbocycles. The minimum absolute atomic E-state index is 0.112. The zero-order valence-corrected chi connectivity index (χ0v) is 14.2. The number of carboxylic acid groups (broad SMARTS) is 1. The van der Waals surface area contributed by atoms with Crippen LogP contribution in [0, 0.1) is 13.8 Å². The first-order valence-electron chi connectivity index (χ1n) is 7.33. The second-order valence-corrected chi connectivity index (χ2v) is 6.68. The van der Waals surface area contributed by atoms with E-state index in [2.05, 4.69) is 10.3 Å². The number of H-pyrrole nitrogens is 1. The number of anilines is 2. The Morgan fingerprint density at radius 3 is 2.60 bits per heavy atom. The minimum atomic E-state index is -1.60. The predicted octanol–water partition coefficient (Wildman–Crippen LogP) is 1.40. The third kappa shape index (κ3) is 2.99. The summed E-state index contributed by atoms with van der Waals surface area (Å²) in [6.07, 6.45) is 0. The molecule has 4 N–H and O–H groups in total. The number of thiophene rings is 1. The van der Waals surface area contributed by atoms with Crippen LogP contribution >= 0.6 is 11.3 Å². The highest BCUT2D eigenvalue weighted by atomic mass is 32.1. The molecule has 0 aliphatic heterocycles. The molecule has 0 atom stereocenters. The van der Waals surface area contributed by atoms with Crippen LogP contribution in [0.15, 0.2) is 29.1 Å². The molecule has 2 aromatic heterocycles. The summed E-state index contributed by atoms with van der Waals surface area (Å²) in [6.45, 7) is 3.83. The van der Waals surface area contributed by atoms with Crippen LogP contribution in [0.2, 0.25) is 0 Å². The topological polar surface area (TPSA) is 128 Å². The molecule has 0 saturated heterocycles. The molecule has 8 heteroatoms. The average Bonchev–Trinajstić information content (AvgIpc) is 2.85. The van der Waals surface area contributed by atoms with Gasteiger partial charge < -0.3 is 25.9 Å². The Balaban J connectivity index is 2.03. The Morgan fingerprint density at radius 2 is 1.96 bits per heavy atom. The highest BCUT2D eigenvalue weighted by molar-refractivity contribution is 7.21. The molecular formula is C17H14N3O4S-. The van der Waals surface area contributed by atoms with Gasteiger partial charge >= 0.3 is 0 Å². The van der Waals surface area contributed by atoms with Crippen LogP contribution < -0.4 is 21.7 Å². The van der Waals surface area contributed by atoms with E-state index in [9.17, 15) is 19.5 Å². The predicted molar refractivity (Wildman–Crippen MR) is 95.1 cm³/mol. The Labute approximate surface area is 146 Å². The second kappa shape index (κ2) is 6.06. The molecule has 0 unspecified atom stereocenters. The fourth-order valence-electron chi connectivity index (χ4n) is 2.53. The number of pyridine rings is 1. The minimum Gasteiger partial charge on any atom is -0.545 e. The summed E-state index contributed by atoms with van der Waals surface area (Å²) in [6, 6.07) is 6.74. The van der Waals surface area contributed by atoms with E-state index < -0.39 is 23.0 Å². The van der Waals surface area contributed by atoms with Crippen molar-refractivity contribution < 1.29 is 14.7 Å². The number of rotatable bonds is 3. The Bertz CT molecular complexity index is 1080. The molecule has 1 amide bonds. The maximum absolute atomic E-state index is 12.5. The number of aromatic carboxylic acids is 1. The summed E-state index contributed by atoms with van der Waals surface area (Å²) in [5.41, 5.74) is 7.40. The molecule has 25 heavy (non-hydrogen) atoms. The molecule has 1 aromatic carbocycles. The Hall–Kier alpha value is -3.13. The molecule has 0 bridgehead atoms. The molecule has 3 aromatic rings. The first-order valence-corrected chi connectivity index (χ1v) is 8.15. The van der Waals surface area contributed by atoms with Crippen molar-refractivity contribution in [1.82, 2.24) is 4.98 Å². The monoisotopic (exact) mass is 356 g/mol. The summed E-state index contributed by atoms with van der Waals surface area (Å²) in [5.74, 6) is -2.03. The van der Waals surface area contributed by atoms with Crippen LogP contribution in [0.4, 0.5) is 11.4 Å². The van der Waals surface area contributed by atoms with E-state index in [1.807, 2.05) is 26.0 Å². The molecule has 0 aliphatic rings. The number of carbonyl (C=O) groups is 2.